The summed E-state index contributed by atoms with van der Waals surface area (Å²) < 4.78 is 30.6. The van der Waals surface area contributed by atoms with Crippen LogP contribution in [0.3, 0.4) is 0 Å². The first-order valence-electron chi connectivity index (χ1n) is 5.47. The van der Waals surface area contributed by atoms with Crippen molar-refractivity contribution in [2.45, 2.75) is 6.92 Å². The van der Waals surface area contributed by atoms with Crippen LogP contribution in [0.5, 0.6) is 0 Å². The summed E-state index contributed by atoms with van der Waals surface area (Å²) in [6, 6.07) is 3.84. The van der Waals surface area contributed by atoms with E-state index in [1.807, 2.05) is 0 Å². The van der Waals surface area contributed by atoms with Gasteiger partial charge in [0.15, 0.2) is 0 Å². The topological polar surface area (TPSA) is 92.7 Å². The van der Waals surface area contributed by atoms with Crippen LogP contribution < -0.4 is 4.72 Å². The van der Waals surface area contributed by atoms with E-state index in [0.29, 0.717) is 6.61 Å². The summed E-state index contributed by atoms with van der Waals surface area (Å²) >= 11 is 5.74. The molecule has 0 spiro atoms. The van der Waals surface area contributed by atoms with E-state index in [1.165, 1.54) is 18.2 Å². The number of carboxylic acids is 1. The molecule has 1 aromatic rings. The molecule has 0 heterocycles. The standard InChI is InChI=1S/C11H14ClNO5S/c1-2-18-5-6-19(16,17)13-8-3-4-9(11(14)15)10(12)7-8/h3-4,7,13H,2,5-6H2,1H3,(H,14,15). The fourth-order valence-corrected chi connectivity index (χ4v) is 2.48. The number of nitrogens with one attached hydrogen (secondary N) is 1. The molecule has 0 saturated carbocycles. The number of rotatable bonds is 7. The number of carbonyl (C=O) groups is 1. The molecule has 0 radical (unpaired) electrons. The molecule has 0 aromatic heterocycles. The number of halogens is 1. The maximum Gasteiger partial charge on any atom is 0.337 e. The van der Waals surface area contributed by atoms with Gasteiger partial charge in [0.25, 0.3) is 0 Å². The lowest BCUT2D eigenvalue weighted by atomic mass is 10.2. The summed E-state index contributed by atoms with van der Waals surface area (Å²) in [4.78, 5) is 10.8. The van der Waals surface area contributed by atoms with E-state index in [2.05, 4.69) is 4.72 Å². The molecule has 0 bridgehead atoms. The van der Waals surface area contributed by atoms with E-state index in [4.69, 9.17) is 21.4 Å². The Morgan fingerprint density at radius 3 is 2.68 bits per heavy atom. The van der Waals surface area contributed by atoms with Crippen molar-refractivity contribution < 1.29 is 23.1 Å². The third kappa shape index (κ3) is 5.06. The van der Waals surface area contributed by atoms with Gasteiger partial charge in [-0.2, -0.15) is 0 Å². The van der Waals surface area contributed by atoms with Gasteiger partial charge in [0, 0.05) is 12.3 Å². The molecule has 0 aliphatic rings. The van der Waals surface area contributed by atoms with Gasteiger partial charge in [-0.3, -0.25) is 4.72 Å². The number of carboxylic acid groups (broad SMARTS) is 1. The Morgan fingerprint density at radius 1 is 1.47 bits per heavy atom. The van der Waals surface area contributed by atoms with E-state index in [-0.39, 0.29) is 28.6 Å². The van der Waals surface area contributed by atoms with Crippen LogP contribution in [0.2, 0.25) is 5.02 Å². The van der Waals surface area contributed by atoms with E-state index < -0.39 is 16.0 Å². The normalized spacial score (nSPS) is 11.3. The third-order valence-corrected chi connectivity index (χ3v) is 3.74. The van der Waals surface area contributed by atoms with Gasteiger partial charge >= 0.3 is 5.97 Å². The van der Waals surface area contributed by atoms with Crippen molar-refractivity contribution in [3.63, 3.8) is 0 Å². The average Bonchev–Trinajstić information content (AvgIpc) is 2.28. The number of aromatic carboxylic acids is 1. The van der Waals surface area contributed by atoms with Crippen molar-refractivity contribution in [3.05, 3.63) is 28.8 Å². The molecule has 0 fully saturated rings. The molecule has 2 N–H and O–H groups in total. The average molecular weight is 308 g/mol. The Hall–Kier alpha value is -1.31. The molecule has 8 heteroatoms. The number of ether oxygens (including phenoxy) is 1. The zero-order valence-electron chi connectivity index (χ0n) is 10.2. The predicted octanol–water partition coefficient (Wildman–Crippen LogP) is 1.82. The summed E-state index contributed by atoms with van der Waals surface area (Å²) in [6.07, 6.45) is 0. The Balaban J connectivity index is 2.77. The SMILES string of the molecule is CCOCCS(=O)(=O)Nc1ccc(C(=O)O)c(Cl)c1. The smallest absolute Gasteiger partial charge is 0.337 e. The Morgan fingerprint density at radius 2 is 2.16 bits per heavy atom. The molecule has 0 saturated heterocycles. The number of hydrogen-bond acceptors (Lipinski definition) is 4. The molecule has 0 aliphatic heterocycles. The monoisotopic (exact) mass is 307 g/mol. The van der Waals surface area contributed by atoms with Gasteiger partial charge < -0.3 is 9.84 Å². The second kappa shape index (κ2) is 6.74. The summed E-state index contributed by atoms with van der Waals surface area (Å²) in [7, 11) is -3.54. The van der Waals surface area contributed by atoms with E-state index >= 15 is 0 Å². The first-order chi connectivity index (χ1) is 8.85. The molecule has 0 amide bonds. The first kappa shape index (κ1) is 15.7. The summed E-state index contributed by atoms with van der Waals surface area (Å²) in [5.41, 5.74) is 0.130. The van der Waals surface area contributed by atoms with Crippen LogP contribution >= 0.6 is 11.6 Å². The van der Waals surface area contributed by atoms with Gasteiger partial charge in [0.1, 0.15) is 0 Å². The van der Waals surface area contributed by atoms with E-state index in [0.717, 1.165) is 0 Å². The van der Waals surface area contributed by atoms with Gasteiger partial charge in [0.05, 0.1) is 22.9 Å². The lowest BCUT2D eigenvalue weighted by Crippen LogP contribution is -2.20. The van der Waals surface area contributed by atoms with Gasteiger partial charge in [-0.1, -0.05) is 11.6 Å². The van der Waals surface area contributed by atoms with Gasteiger partial charge in [-0.15, -0.1) is 0 Å². The maximum atomic E-state index is 11.7. The second-order valence-corrected chi connectivity index (χ2v) is 5.87. The lowest BCUT2D eigenvalue weighted by Gasteiger charge is -2.09. The highest BCUT2D eigenvalue weighted by Crippen LogP contribution is 2.21. The van der Waals surface area contributed by atoms with Crippen LogP contribution in [0.15, 0.2) is 18.2 Å². The highest BCUT2D eigenvalue weighted by molar-refractivity contribution is 7.92. The minimum absolute atomic E-state index is 0.0301. The molecule has 1 aromatic carbocycles. The molecule has 19 heavy (non-hydrogen) atoms. The van der Waals surface area contributed by atoms with Crippen LogP contribution in [0, 0.1) is 0 Å². The highest BCUT2D eigenvalue weighted by Gasteiger charge is 2.13. The number of anilines is 1. The van der Waals surface area contributed by atoms with Crippen molar-refractivity contribution in [2.75, 3.05) is 23.7 Å². The van der Waals surface area contributed by atoms with E-state index in [9.17, 15) is 13.2 Å². The maximum absolute atomic E-state index is 11.7. The molecular formula is C11H14ClNO5S. The summed E-state index contributed by atoms with van der Waals surface area (Å²) in [5, 5.41) is 8.76. The van der Waals surface area contributed by atoms with Gasteiger partial charge in [0.2, 0.25) is 10.0 Å². The number of benzene rings is 1. The zero-order chi connectivity index (χ0) is 14.5. The molecule has 106 valence electrons. The molecule has 0 unspecified atom stereocenters. The molecule has 1 rings (SSSR count). The zero-order valence-corrected chi connectivity index (χ0v) is 11.8. The predicted molar refractivity (Wildman–Crippen MR) is 72.3 cm³/mol. The van der Waals surface area contributed by atoms with Crippen LogP contribution in [0.25, 0.3) is 0 Å². The third-order valence-electron chi connectivity index (χ3n) is 2.17. The number of sulfonamides is 1. The first-order valence-corrected chi connectivity index (χ1v) is 7.50. The van der Waals surface area contributed by atoms with Gasteiger partial charge in [-0.05, 0) is 25.1 Å². The molecule has 6 nitrogen and oxygen atoms in total. The molecule has 0 aliphatic carbocycles. The van der Waals surface area contributed by atoms with Crippen LogP contribution in [0.4, 0.5) is 5.69 Å². The second-order valence-electron chi connectivity index (χ2n) is 3.62. The lowest BCUT2D eigenvalue weighted by molar-refractivity contribution is 0.0697. The Bertz CT molecular complexity index is 558. The summed E-state index contributed by atoms with van der Waals surface area (Å²) in [6.45, 7) is 2.30. The molecule has 0 atom stereocenters. The minimum atomic E-state index is -3.54. The van der Waals surface area contributed by atoms with Crippen molar-refractivity contribution >= 4 is 33.3 Å². The Kier molecular flexibility index (Phi) is 5.59. The van der Waals surface area contributed by atoms with Crippen LogP contribution in [0.1, 0.15) is 17.3 Å². The van der Waals surface area contributed by atoms with Crippen LogP contribution in [-0.4, -0.2) is 38.5 Å². The van der Waals surface area contributed by atoms with Crippen LogP contribution in [-0.2, 0) is 14.8 Å². The van der Waals surface area contributed by atoms with Crippen molar-refractivity contribution in [1.29, 1.82) is 0 Å². The number of hydrogen-bond donors (Lipinski definition) is 2. The summed E-state index contributed by atoms with van der Waals surface area (Å²) in [5.74, 6) is -1.35. The largest absolute Gasteiger partial charge is 0.478 e. The fraction of sp³-hybridized carbons (Fsp3) is 0.364. The Labute approximate surface area is 116 Å². The highest BCUT2D eigenvalue weighted by atomic mass is 35.5. The quantitative estimate of drug-likeness (QED) is 0.749. The minimum Gasteiger partial charge on any atom is -0.478 e. The molecular weight excluding hydrogens is 294 g/mol. The van der Waals surface area contributed by atoms with Crippen molar-refractivity contribution in [3.8, 4) is 0 Å². The van der Waals surface area contributed by atoms with Crippen molar-refractivity contribution in [2.24, 2.45) is 0 Å². The van der Waals surface area contributed by atoms with Gasteiger partial charge in [-0.25, -0.2) is 13.2 Å². The fourth-order valence-electron chi connectivity index (χ4n) is 1.30. The van der Waals surface area contributed by atoms with E-state index in [1.54, 1.807) is 6.92 Å². The van der Waals surface area contributed by atoms with Crippen molar-refractivity contribution in [1.82, 2.24) is 0 Å².